The van der Waals surface area contributed by atoms with Crippen molar-refractivity contribution in [1.29, 1.82) is 5.26 Å². The molecule has 1 rings (SSSR count). The molecule has 0 aliphatic heterocycles. The summed E-state index contributed by atoms with van der Waals surface area (Å²) in [6, 6.07) is 3.24. The second-order valence-electron chi connectivity index (χ2n) is 2.46. The lowest BCUT2D eigenvalue weighted by Gasteiger charge is -2.05. The number of nitrogen functional groups attached to an aromatic ring is 1. The number of aromatic nitrogens is 1. The van der Waals surface area contributed by atoms with E-state index in [-0.39, 0.29) is 23.6 Å². The Morgan fingerprint density at radius 1 is 1.79 bits per heavy atom. The zero-order chi connectivity index (χ0) is 10.6. The second kappa shape index (κ2) is 4.23. The van der Waals surface area contributed by atoms with Gasteiger partial charge in [-0.05, 0) is 13.0 Å². The normalized spacial score (nSPS) is 9.14. The SMILES string of the molecule is CCOC(=O)c1c(N)ccnc1C#N. The summed E-state index contributed by atoms with van der Waals surface area (Å²) in [5.74, 6) is -0.616. The molecule has 14 heavy (non-hydrogen) atoms. The summed E-state index contributed by atoms with van der Waals surface area (Å²) in [4.78, 5) is 15.1. The van der Waals surface area contributed by atoms with Gasteiger partial charge in [-0.3, -0.25) is 0 Å². The molecular formula is C9H9N3O2. The number of ether oxygens (including phenoxy) is 1. The van der Waals surface area contributed by atoms with E-state index in [0.717, 1.165) is 0 Å². The number of pyridine rings is 1. The highest BCUT2D eigenvalue weighted by molar-refractivity contribution is 5.97. The van der Waals surface area contributed by atoms with Crippen LogP contribution in [0.4, 0.5) is 5.69 Å². The van der Waals surface area contributed by atoms with Crippen LogP contribution in [0.2, 0.25) is 0 Å². The Morgan fingerprint density at radius 3 is 3.07 bits per heavy atom. The molecule has 1 aromatic heterocycles. The first-order valence-corrected chi connectivity index (χ1v) is 4.02. The second-order valence-corrected chi connectivity index (χ2v) is 2.46. The lowest BCUT2D eigenvalue weighted by Crippen LogP contribution is -2.11. The highest BCUT2D eigenvalue weighted by atomic mass is 16.5. The summed E-state index contributed by atoms with van der Waals surface area (Å²) >= 11 is 0. The van der Waals surface area contributed by atoms with Crippen molar-refractivity contribution in [2.45, 2.75) is 6.92 Å². The van der Waals surface area contributed by atoms with E-state index in [0.29, 0.717) is 0 Å². The highest BCUT2D eigenvalue weighted by Gasteiger charge is 2.16. The van der Waals surface area contributed by atoms with Crippen LogP contribution in [0.5, 0.6) is 0 Å². The van der Waals surface area contributed by atoms with Gasteiger partial charge in [0.25, 0.3) is 0 Å². The third-order valence-corrected chi connectivity index (χ3v) is 1.57. The number of carbonyl (C=O) groups is 1. The van der Waals surface area contributed by atoms with E-state index in [1.165, 1.54) is 12.3 Å². The molecule has 0 spiro atoms. The van der Waals surface area contributed by atoms with Crippen LogP contribution in [0.15, 0.2) is 12.3 Å². The molecule has 0 aliphatic rings. The number of nitrogens with two attached hydrogens (primary N) is 1. The Morgan fingerprint density at radius 2 is 2.50 bits per heavy atom. The molecule has 0 saturated heterocycles. The number of carbonyl (C=O) groups excluding carboxylic acids is 1. The molecule has 1 aromatic rings. The summed E-state index contributed by atoms with van der Waals surface area (Å²) in [5.41, 5.74) is 5.77. The molecule has 0 atom stereocenters. The predicted molar refractivity (Wildman–Crippen MR) is 49.3 cm³/mol. The number of rotatable bonds is 2. The quantitative estimate of drug-likeness (QED) is 0.695. The number of esters is 1. The van der Waals surface area contributed by atoms with Crippen molar-refractivity contribution in [2.75, 3.05) is 12.3 Å². The van der Waals surface area contributed by atoms with Crippen LogP contribution < -0.4 is 5.73 Å². The Bertz CT molecular complexity index is 396. The van der Waals surface area contributed by atoms with E-state index in [9.17, 15) is 4.79 Å². The van der Waals surface area contributed by atoms with Gasteiger partial charge in [-0.15, -0.1) is 0 Å². The average Bonchev–Trinajstić information content (AvgIpc) is 2.17. The first-order valence-electron chi connectivity index (χ1n) is 4.02. The minimum Gasteiger partial charge on any atom is -0.462 e. The monoisotopic (exact) mass is 191 g/mol. The summed E-state index contributed by atoms with van der Waals surface area (Å²) in [6.07, 6.45) is 1.37. The third kappa shape index (κ3) is 1.80. The molecule has 5 nitrogen and oxygen atoms in total. The first kappa shape index (κ1) is 9.99. The van der Waals surface area contributed by atoms with Crippen LogP contribution in [0, 0.1) is 11.3 Å². The van der Waals surface area contributed by atoms with Crippen LogP contribution in [-0.2, 0) is 4.74 Å². The van der Waals surface area contributed by atoms with E-state index in [1.54, 1.807) is 13.0 Å². The van der Waals surface area contributed by atoms with Gasteiger partial charge in [-0.2, -0.15) is 5.26 Å². The standard InChI is InChI=1S/C9H9N3O2/c1-2-14-9(13)8-6(11)3-4-12-7(8)5-10/h3-4H,2H2,1H3,(H2,11,12). The summed E-state index contributed by atoms with van der Waals surface area (Å²) < 4.78 is 4.74. The van der Waals surface area contributed by atoms with Gasteiger partial charge in [0.1, 0.15) is 11.6 Å². The fourth-order valence-electron chi connectivity index (χ4n) is 0.979. The zero-order valence-corrected chi connectivity index (χ0v) is 7.65. The molecule has 0 fully saturated rings. The maximum Gasteiger partial charge on any atom is 0.343 e. The summed E-state index contributed by atoms with van der Waals surface area (Å²) in [6.45, 7) is 1.91. The highest BCUT2D eigenvalue weighted by Crippen LogP contribution is 2.14. The van der Waals surface area contributed by atoms with Crippen molar-refractivity contribution >= 4 is 11.7 Å². The lowest BCUT2D eigenvalue weighted by molar-refractivity contribution is 0.0527. The molecule has 0 bridgehead atoms. The van der Waals surface area contributed by atoms with Crippen LogP contribution >= 0.6 is 0 Å². The third-order valence-electron chi connectivity index (χ3n) is 1.57. The van der Waals surface area contributed by atoms with Crippen LogP contribution in [-0.4, -0.2) is 17.6 Å². The maximum atomic E-state index is 11.4. The fourth-order valence-corrected chi connectivity index (χ4v) is 0.979. The predicted octanol–water partition coefficient (Wildman–Crippen LogP) is 0.712. The van der Waals surface area contributed by atoms with Crippen LogP contribution in [0.25, 0.3) is 0 Å². The zero-order valence-electron chi connectivity index (χ0n) is 7.65. The van der Waals surface area contributed by atoms with Crippen molar-refractivity contribution in [3.63, 3.8) is 0 Å². The lowest BCUT2D eigenvalue weighted by atomic mass is 10.1. The van der Waals surface area contributed by atoms with Gasteiger partial charge in [0.15, 0.2) is 5.69 Å². The van der Waals surface area contributed by atoms with Crippen LogP contribution in [0.3, 0.4) is 0 Å². The van der Waals surface area contributed by atoms with Crippen molar-refractivity contribution < 1.29 is 9.53 Å². The first-order chi connectivity index (χ1) is 6.70. The molecule has 0 saturated carbocycles. The van der Waals surface area contributed by atoms with Crippen molar-refractivity contribution in [3.8, 4) is 6.07 Å². The number of hydrogen-bond donors (Lipinski definition) is 1. The van der Waals surface area contributed by atoms with Crippen molar-refractivity contribution in [3.05, 3.63) is 23.5 Å². The number of nitriles is 1. The smallest absolute Gasteiger partial charge is 0.343 e. The average molecular weight is 191 g/mol. The molecular weight excluding hydrogens is 182 g/mol. The van der Waals surface area contributed by atoms with E-state index >= 15 is 0 Å². The molecule has 0 aromatic carbocycles. The van der Waals surface area contributed by atoms with Gasteiger partial charge in [0, 0.05) is 6.20 Å². The van der Waals surface area contributed by atoms with Gasteiger partial charge < -0.3 is 10.5 Å². The van der Waals surface area contributed by atoms with E-state index < -0.39 is 5.97 Å². The molecule has 0 amide bonds. The van der Waals surface area contributed by atoms with Gasteiger partial charge in [-0.25, -0.2) is 9.78 Å². The van der Waals surface area contributed by atoms with Gasteiger partial charge in [-0.1, -0.05) is 0 Å². The molecule has 0 unspecified atom stereocenters. The number of hydrogen-bond acceptors (Lipinski definition) is 5. The molecule has 0 radical (unpaired) electrons. The van der Waals surface area contributed by atoms with Gasteiger partial charge >= 0.3 is 5.97 Å². The van der Waals surface area contributed by atoms with E-state index in [2.05, 4.69) is 4.98 Å². The van der Waals surface area contributed by atoms with E-state index in [4.69, 9.17) is 15.7 Å². The largest absolute Gasteiger partial charge is 0.462 e. The summed E-state index contributed by atoms with van der Waals surface area (Å²) in [5, 5.41) is 8.68. The Labute approximate surface area is 81.1 Å². The number of nitrogens with zero attached hydrogens (tertiary/aromatic N) is 2. The Kier molecular flexibility index (Phi) is 3.02. The molecule has 0 aliphatic carbocycles. The maximum absolute atomic E-state index is 11.4. The molecule has 1 heterocycles. The van der Waals surface area contributed by atoms with Gasteiger partial charge in [0.2, 0.25) is 0 Å². The van der Waals surface area contributed by atoms with Crippen molar-refractivity contribution in [1.82, 2.24) is 4.98 Å². The minimum atomic E-state index is -0.616. The van der Waals surface area contributed by atoms with Crippen LogP contribution in [0.1, 0.15) is 23.0 Å². The molecule has 72 valence electrons. The Hall–Kier alpha value is -2.09. The minimum absolute atomic E-state index is 0.0107. The molecule has 5 heteroatoms. The fraction of sp³-hybridized carbons (Fsp3) is 0.222. The topological polar surface area (TPSA) is 89.0 Å². The van der Waals surface area contributed by atoms with E-state index in [1.807, 2.05) is 0 Å². The molecule has 2 N–H and O–H groups in total. The number of anilines is 1. The summed E-state index contributed by atoms with van der Waals surface area (Å²) in [7, 11) is 0. The Balaban J connectivity index is 3.18. The van der Waals surface area contributed by atoms with Gasteiger partial charge in [0.05, 0.1) is 12.3 Å². The van der Waals surface area contributed by atoms with Crippen molar-refractivity contribution in [2.24, 2.45) is 0 Å².